The first-order valence-electron chi connectivity index (χ1n) is 10.2. The minimum Gasteiger partial charge on any atom is -0.459 e. The van der Waals surface area contributed by atoms with Crippen LogP contribution in [-0.2, 0) is 0 Å². The topological polar surface area (TPSA) is 77.8 Å². The summed E-state index contributed by atoms with van der Waals surface area (Å²) < 4.78 is 6.11. The number of piperazine rings is 1. The Balaban J connectivity index is 1.29. The normalized spacial score (nSPS) is 13.5. The minimum atomic E-state index is -0.366. The summed E-state index contributed by atoms with van der Waals surface area (Å²) >= 11 is 13.5. The number of furan rings is 1. The summed E-state index contributed by atoms with van der Waals surface area (Å²) in [7, 11) is 0. The highest BCUT2D eigenvalue weighted by atomic mass is 127. The first-order chi connectivity index (χ1) is 15.9. The Morgan fingerprint density at radius 2 is 1.76 bits per heavy atom. The number of amides is 2. The maximum Gasteiger partial charge on any atom is 0.289 e. The highest BCUT2D eigenvalue weighted by Gasteiger charge is 2.23. The van der Waals surface area contributed by atoms with Gasteiger partial charge in [-0.15, -0.1) is 0 Å². The fraction of sp³-hybridized carbons (Fsp3) is 0.174. The quantitative estimate of drug-likeness (QED) is 0.339. The van der Waals surface area contributed by atoms with Crippen LogP contribution in [0.2, 0.25) is 5.02 Å². The van der Waals surface area contributed by atoms with Crippen molar-refractivity contribution in [3.8, 4) is 0 Å². The molecule has 3 aromatic rings. The van der Waals surface area contributed by atoms with Gasteiger partial charge in [-0.25, -0.2) is 0 Å². The average molecular weight is 595 g/mol. The third-order valence-electron chi connectivity index (χ3n) is 5.19. The predicted octanol–water partition coefficient (Wildman–Crippen LogP) is 4.63. The Bertz CT molecular complexity index is 1160. The molecule has 1 saturated heterocycles. The van der Waals surface area contributed by atoms with E-state index in [-0.39, 0.29) is 16.9 Å². The van der Waals surface area contributed by atoms with E-state index < -0.39 is 0 Å². The molecule has 2 aromatic carbocycles. The lowest BCUT2D eigenvalue weighted by molar-refractivity contribution is 0.0714. The lowest BCUT2D eigenvalue weighted by atomic mass is 10.2. The number of anilines is 2. The molecule has 0 bridgehead atoms. The summed E-state index contributed by atoms with van der Waals surface area (Å²) in [5.41, 5.74) is 2.17. The summed E-state index contributed by atoms with van der Waals surface area (Å²) in [4.78, 5) is 28.9. The summed E-state index contributed by atoms with van der Waals surface area (Å²) in [5.74, 6) is -0.0814. The molecule has 10 heteroatoms. The number of rotatable bonds is 4. The predicted molar refractivity (Wildman–Crippen MR) is 141 cm³/mol. The van der Waals surface area contributed by atoms with Crippen LogP contribution in [0.3, 0.4) is 0 Å². The van der Waals surface area contributed by atoms with Gasteiger partial charge in [0.05, 0.1) is 16.8 Å². The highest BCUT2D eigenvalue weighted by molar-refractivity contribution is 14.1. The summed E-state index contributed by atoms with van der Waals surface area (Å²) in [6.45, 7) is 2.70. The Labute approximate surface area is 215 Å². The van der Waals surface area contributed by atoms with Crippen LogP contribution in [0, 0.1) is 3.57 Å². The number of hydrogen-bond donors (Lipinski definition) is 2. The van der Waals surface area contributed by atoms with Crippen LogP contribution in [0.15, 0.2) is 65.3 Å². The van der Waals surface area contributed by atoms with Crippen LogP contribution in [-0.4, -0.2) is 48.0 Å². The fourth-order valence-corrected chi connectivity index (χ4v) is 4.39. The van der Waals surface area contributed by atoms with E-state index >= 15 is 0 Å². The highest BCUT2D eigenvalue weighted by Crippen LogP contribution is 2.21. The minimum absolute atomic E-state index is 0.0822. The van der Waals surface area contributed by atoms with Gasteiger partial charge in [-0.3, -0.25) is 14.9 Å². The molecule has 0 spiro atoms. The van der Waals surface area contributed by atoms with Gasteiger partial charge in [0.2, 0.25) is 0 Å². The van der Waals surface area contributed by atoms with Gasteiger partial charge in [0.1, 0.15) is 0 Å². The fourth-order valence-electron chi connectivity index (χ4n) is 3.48. The Kier molecular flexibility index (Phi) is 7.51. The van der Waals surface area contributed by atoms with E-state index in [1.54, 1.807) is 29.2 Å². The molecule has 2 N–H and O–H groups in total. The third-order valence-corrected chi connectivity index (χ3v) is 6.39. The van der Waals surface area contributed by atoms with E-state index in [0.717, 1.165) is 28.0 Å². The lowest BCUT2D eigenvalue weighted by Crippen LogP contribution is -2.48. The number of halogens is 2. The van der Waals surface area contributed by atoms with E-state index in [0.29, 0.717) is 29.4 Å². The van der Waals surface area contributed by atoms with Crippen molar-refractivity contribution in [2.45, 2.75) is 0 Å². The second-order valence-corrected chi connectivity index (χ2v) is 9.40. The molecule has 1 aliphatic rings. The Morgan fingerprint density at radius 1 is 1.03 bits per heavy atom. The average Bonchev–Trinajstić information content (AvgIpc) is 3.36. The number of carbonyl (C=O) groups is 2. The van der Waals surface area contributed by atoms with Crippen LogP contribution < -0.4 is 15.5 Å². The van der Waals surface area contributed by atoms with E-state index in [1.807, 2.05) is 30.3 Å². The van der Waals surface area contributed by atoms with Crippen molar-refractivity contribution >= 4 is 74.7 Å². The van der Waals surface area contributed by atoms with Crippen molar-refractivity contribution in [3.05, 3.63) is 80.8 Å². The third kappa shape index (κ3) is 5.84. The first-order valence-corrected chi connectivity index (χ1v) is 12.0. The van der Waals surface area contributed by atoms with Crippen LogP contribution in [0.25, 0.3) is 0 Å². The van der Waals surface area contributed by atoms with Gasteiger partial charge in [0.25, 0.3) is 11.8 Å². The Morgan fingerprint density at radius 3 is 2.42 bits per heavy atom. The molecule has 1 fully saturated rings. The number of benzene rings is 2. The van der Waals surface area contributed by atoms with Gasteiger partial charge in [0, 0.05) is 41.1 Å². The van der Waals surface area contributed by atoms with E-state index in [4.69, 9.17) is 28.2 Å². The zero-order chi connectivity index (χ0) is 23.4. The van der Waals surface area contributed by atoms with Crippen LogP contribution >= 0.6 is 46.4 Å². The molecular weight excluding hydrogens is 575 g/mol. The Hall–Kier alpha value is -2.63. The number of thiocarbonyl (C=S) groups is 1. The smallest absolute Gasteiger partial charge is 0.289 e. The van der Waals surface area contributed by atoms with Crippen molar-refractivity contribution < 1.29 is 14.0 Å². The number of nitrogens with zero attached hydrogens (tertiary/aromatic N) is 2. The van der Waals surface area contributed by atoms with Crippen LogP contribution in [0.1, 0.15) is 20.9 Å². The van der Waals surface area contributed by atoms with Crippen molar-refractivity contribution in [1.29, 1.82) is 0 Å². The molecule has 33 heavy (non-hydrogen) atoms. The van der Waals surface area contributed by atoms with Crippen molar-refractivity contribution in [2.24, 2.45) is 0 Å². The van der Waals surface area contributed by atoms with Crippen molar-refractivity contribution in [1.82, 2.24) is 10.2 Å². The lowest BCUT2D eigenvalue weighted by Gasteiger charge is -2.35. The van der Waals surface area contributed by atoms with Crippen LogP contribution in [0.4, 0.5) is 11.4 Å². The number of nitrogens with one attached hydrogen (secondary N) is 2. The van der Waals surface area contributed by atoms with Crippen molar-refractivity contribution in [3.63, 3.8) is 0 Å². The molecule has 4 rings (SSSR count). The summed E-state index contributed by atoms with van der Waals surface area (Å²) in [6, 6.07) is 16.4. The van der Waals surface area contributed by atoms with Crippen LogP contribution in [0.5, 0.6) is 0 Å². The monoisotopic (exact) mass is 594 g/mol. The number of carbonyl (C=O) groups excluding carboxylic acids is 2. The first kappa shape index (κ1) is 23.5. The second-order valence-electron chi connectivity index (χ2n) is 7.34. The SMILES string of the molecule is O=C(NC(=S)Nc1ccc(N2CCN(C(=O)c3ccco3)CC2)cc1)c1cc(I)ccc1Cl. The molecule has 0 radical (unpaired) electrons. The molecule has 2 amide bonds. The molecule has 0 unspecified atom stereocenters. The van der Waals surface area contributed by atoms with Gasteiger partial charge in [-0.1, -0.05) is 11.6 Å². The maximum atomic E-state index is 12.5. The van der Waals surface area contributed by atoms with Gasteiger partial charge in [-0.2, -0.15) is 0 Å². The van der Waals surface area contributed by atoms with E-state index in [1.165, 1.54) is 6.26 Å². The van der Waals surface area contributed by atoms with Crippen molar-refractivity contribution in [2.75, 3.05) is 36.4 Å². The molecule has 0 saturated carbocycles. The molecule has 0 aliphatic carbocycles. The second kappa shape index (κ2) is 10.5. The van der Waals surface area contributed by atoms with Gasteiger partial charge in [0.15, 0.2) is 10.9 Å². The molecule has 0 atom stereocenters. The molecule has 2 heterocycles. The molecule has 7 nitrogen and oxygen atoms in total. The summed E-state index contributed by atoms with van der Waals surface area (Å²) in [6.07, 6.45) is 1.51. The molecule has 1 aromatic heterocycles. The van der Waals surface area contributed by atoms with Gasteiger partial charge < -0.3 is 19.5 Å². The molecule has 170 valence electrons. The largest absolute Gasteiger partial charge is 0.459 e. The molecular formula is C23H20ClIN4O3S. The van der Waals surface area contributed by atoms with E-state index in [2.05, 4.69) is 38.1 Å². The maximum absolute atomic E-state index is 12.5. The zero-order valence-electron chi connectivity index (χ0n) is 17.4. The van der Waals surface area contributed by atoms with E-state index in [9.17, 15) is 9.59 Å². The summed E-state index contributed by atoms with van der Waals surface area (Å²) in [5, 5.41) is 6.23. The zero-order valence-corrected chi connectivity index (χ0v) is 21.1. The van der Waals surface area contributed by atoms with Gasteiger partial charge in [-0.05, 0) is 89.4 Å². The molecule has 1 aliphatic heterocycles. The standard InChI is InChI=1S/C23H20ClIN4O3S/c24-19-8-3-15(25)14-18(19)21(30)27-23(33)26-16-4-6-17(7-5-16)28-9-11-29(12-10-28)22(31)20-2-1-13-32-20/h1-8,13-14H,9-12H2,(H2,26,27,30,33). The number of hydrogen-bond acceptors (Lipinski definition) is 5. The van der Waals surface area contributed by atoms with Gasteiger partial charge >= 0.3 is 0 Å².